The van der Waals surface area contributed by atoms with Crippen molar-refractivity contribution in [3.8, 4) is 0 Å². The number of primary amides is 1. The molecule has 2 fully saturated rings. The molecule has 3 unspecified atom stereocenters. The molecule has 2 aliphatic heterocycles. The quantitative estimate of drug-likeness (QED) is 0.872. The Hall–Kier alpha value is -0.770. The van der Waals surface area contributed by atoms with Gasteiger partial charge in [0.05, 0.1) is 0 Å². The number of benzene rings is 1. The Labute approximate surface area is 129 Å². The van der Waals surface area contributed by atoms with Gasteiger partial charge in [-0.2, -0.15) is 0 Å². The molecular weight excluding hydrogens is 295 g/mol. The minimum Gasteiger partial charge on any atom is -0.368 e. The van der Waals surface area contributed by atoms with Gasteiger partial charge in [0.15, 0.2) is 0 Å². The smallest absolute Gasteiger partial charge is 0.238 e. The van der Waals surface area contributed by atoms with Crippen molar-refractivity contribution in [1.29, 1.82) is 0 Å². The molecule has 5 heteroatoms. The van der Waals surface area contributed by atoms with Gasteiger partial charge in [-0.1, -0.05) is 23.7 Å². The van der Waals surface area contributed by atoms with Crippen molar-refractivity contribution in [2.24, 2.45) is 5.73 Å². The van der Waals surface area contributed by atoms with E-state index in [1.807, 2.05) is 24.3 Å². The van der Waals surface area contributed by atoms with E-state index in [0.29, 0.717) is 12.5 Å². The van der Waals surface area contributed by atoms with Crippen molar-refractivity contribution in [3.63, 3.8) is 0 Å². The molecule has 3 rings (SSSR count). The Morgan fingerprint density at radius 2 is 2.10 bits per heavy atom. The molecule has 3 nitrogen and oxygen atoms in total. The van der Waals surface area contributed by atoms with Crippen LogP contribution in [0.5, 0.6) is 0 Å². The molecule has 0 aliphatic carbocycles. The molecule has 2 N–H and O–H groups in total. The van der Waals surface area contributed by atoms with E-state index in [4.69, 9.17) is 28.9 Å². The maximum absolute atomic E-state index is 12.0. The van der Waals surface area contributed by atoms with Crippen molar-refractivity contribution < 1.29 is 4.79 Å². The fraction of sp³-hybridized carbons (Fsp3) is 0.533. The predicted octanol–water partition coefficient (Wildman–Crippen LogP) is 2.93. The lowest BCUT2D eigenvalue weighted by Gasteiger charge is -2.44. The zero-order valence-electron chi connectivity index (χ0n) is 11.2. The van der Waals surface area contributed by atoms with Crippen molar-refractivity contribution in [1.82, 2.24) is 4.90 Å². The van der Waals surface area contributed by atoms with Gasteiger partial charge in [-0.15, -0.1) is 11.6 Å². The Morgan fingerprint density at radius 1 is 1.40 bits per heavy atom. The van der Waals surface area contributed by atoms with E-state index in [1.54, 1.807) is 0 Å². The van der Waals surface area contributed by atoms with Gasteiger partial charge in [0.2, 0.25) is 5.91 Å². The molecule has 2 heterocycles. The van der Waals surface area contributed by atoms with Crippen molar-refractivity contribution in [2.75, 3.05) is 0 Å². The molecule has 20 heavy (non-hydrogen) atoms. The molecule has 2 aliphatic rings. The minimum atomic E-state index is -0.561. The van der Waals surface area contributed by atoms with Crippen LogP contribution in [0.4, 0.5) is 0 Å². The van der Waals surface area contributed by atoms with Crippen LogP contribution >= 0.6 is 23.2 Å². The second kappa shape index (κ2) is 5.21. The predicted molar refractivity (Wildman–Crippen MR) is 80.8 cm³/mol. The Morgan fingerprint density at radius 3 is 2.75 bits per heavy atom. The van der Waals surface area contributed by atoms with E-state index >= 15 is 0 Å². The number of nitrogens with zero attached hydrogens (tertiary/aromatic N) is 1. The third kappa shape index (κ3) is 2.32. The number of rotatable bonds is 3. The number of nitrogens with two attached hydrogens (primary N) is 1. The van der Waals surface area contributed by atoms with Crippen molar-refractivity contribution in [3.05, 3.63) is 34.9 Å². The Balaban J connectivity index is 1.87. The van der Waals surface area contributed by atoms with Crippen LogP contribution in [0.25, 0.3) is 0 Å². The minimum absolute atomic E-state index is 0.0523. The average molecular weight is 313 g/mol. The summed E-state index contributed by atoms with van der Waals surface area (Å²) in [5, 5.41) is 0.775. The molecular formula is C15H18Cl2N2O. The molecule has 108 valence electrons. The fourth-order valence-corrected chi connectivity index (χ4v) is 4.28. The number of hydrogen-bond acceptors (Lipinski definition) is 2. The monoisotopic (exact) mass is 312 g/mol. The lowest BCUT2D eigenvalue weighted by atomic mass is 9.86. The summed E-state index contributed by atoms with van der Waals surface area (Å²) in [6.07, 6.45) is 3.42. The molecule has 0 aromatic heterocycles. The summed E-state index contributed by atoms with van der Waals surface area (Å²) in [7, 11) is 0. The largest absolute Gasteiger partial charge is 0.368 e. The third-order valence-corrected chi connectivity index (χ3v) is 5.28. The summed E-state index contributed by atoms with van der Waals surface area (Å²) in [4.78, 5) is 14.3. The Kier molecular flexibility index (Phi) is 3.69. The summed E-state index contributed by atoms with van der Waals surface area (Å²) in [5.41, 5.74) is 6.30. The van der Waals surface area contributed by atoms with Gasteiger partial charge in [0, 0.05) is 23.0 Å². The Bertz CT molecular complexity index is 519. The lowest BCUT2D eigenvalue weighted by molar-refractivity contribution is -0.132. The number of carbonyl (C=O) groups excluding carboxylic acids is 1. The molecule has 1 aromatic rings. The van der Waals surface area contributed by atoms with Crippen molar-refractivity contribution in [2.45, 2.75) is 49.2 Å². The number of alkyl halides is 1. The molecule has 0 radical (unpaired) electrons. The van der Waals surface area contributed by atoms with Gasteiger partial charge >= 0.3 is 0 Å². The standard InChI is InChI=1S/C15H18Cl2N2O/c16-11-3-1-10(2-4-11)9-19-13-5-6-15(19,14(18)20)8-12(17)7-13/h1-4,12-13H,5-9H2,(H2,18,20). The first-order valence-electron chi connectivity index (χ1n) is 6.96. The van der Waals surface area contributed by atoms with Crippen LogP contribution in [0.15, 0.2) is 24.3 Å². The van der Waals surface area contributed by atoms with Crippen LogP contribution in [0, 0.1) is 0 Å². The van der Waals surface area contributed by atoms with E-state index < -0.39 is 5.54 Å². The zero-order chi connectivity index (χ0) is 14.3. The van der Waals surface area contributed by atoms with Gasteiger partial charge in [-0.25, -0.2) is 0 Å². The molecule has 0 spiro atoms. The number of amides is 1. The highest BCUT2D eigenvalue weighted by Crippen LogP contribution is 2.46. The summed E-state index contributed by atoms with van der Waals surface area (Å²) < 4.78 is 0. The maximum Gasteiger partial charge on any atom is 0.238 e. The first-order valence-corrected chi connectivity index (χ1v) is 7.78. The lowest BCUT2D eigenvalue weighted by Crippen LogP contribution is -2.59. The van der Waals surface area contributed by atoms with Crippen molar-refractivity contribution >= 4 is 29.1 Å². The average Bonchev–Trinajstić information content (AvgIpc) is 2.62. The van der Waals surface area contributed by atoms with E-state index in [9.17, 15) is 4.79 Å². The van der Waals surface area contributed by atoms with E-state index in [1.165, 1.54) is 0 Å². The zero-order valence-corrected chi connectivity index (χ0v) is 12.7. The van der Waals surface area contributed by atoms with E-state index in [2.05, 4.69) is 4.90 Å². The van der Waals surface area contributed by atoms with Gasteiger partial charge in [0.25, 0.3) is 0 Å². The number of carbonyl (C=O) groups is 1. The molecule has 2 saturated heterocycles. The highest BCUT2D eigenvalue weighted by molar-refractivity contribution is 6.30. The van der Waals surface area contributed by atoms with E-state index in [0.717, 1.165) is 36.4 Å². The number of hydrogen-bond donors (Lipinski definition) is 1. The van der Waals surface area contributed by atoms with Crippen LogP contribution in [-0.4, -0.2) is 27.8 Å². The summed E-state index contributed by atoms with van der Waals surface area (Å²) >= 11 is 12.2. The number of piperidine rings is 1. The molecule has 1 amide bonds. The summed E-state index contributed by atoms with van der Waals surface area (Å²) in [6, 6.07) is 8.12. The molecule has 0 saturated carbocycles. The first kappa shape index (κ1) is 14.2. The molecule has 1 aromatic carbocycles. The van der Waals surface area contributed by atoms with Crippen LogP contribution in [-0.2, 0) is 11.3 Å². The van der Waals surface area contributed by atoms with Gasteiger partial charge in [-0.05, 0) is 43.4 Å². The first-order chi connectivity index (χ1) is 9.51. The highest BCUT2D eigenvalue weighted by atomic mass is 35.5. The van der Waals surface area contributed by atoms with Gasteiger partial charge in [0.1, 0.15) is 5.54 Å². The van der Waals surface area contributed by atoms with Gasteiger partial charge < -0.3 is 5.73 Å². The van der Waals surface area contributed by atoms with Gasteiger partial charge in [-0.3, -0.25) is 9.69 Å². The number of halogens is 2. The van der Waals surface area contributed by atoms with Crippen LogP contribution in [0.2, 0.25) is 5.02 Å². The maximum atomic E-state index is 12.0. The SMILES string of the molecule is NC(=O)C12CCC(CC(Cl)C1)N2Cc1ccc(Cl)cc1. The normalized spacial score (nSPS) is 33.3. The highest BCUT2D eigenvalue weighted by Gasteiger charge is 2.54. The second-order valence-corrected chi connectivity index (χ2v) is 6.93. The fourth-order valence-electron chi connectivity index (χ4n) is 3.70. The van der Waals surface area contributed by atoms with Crippen LogP contribution in [0.1, 0.15) is 31.2 Å². The molecule has 3 atom stereocenters. The topological polar surface area (TPSA) is 46.3 Å². The third-order valence-electron chi connectivity index (χ3n) is 4.69. The van der Waals surface area contributed by atoms with E-state index in [-0.39, 0.29) is 11.3 Å². The van der Waals surface area contributed by atoms with Crippen LogP contribution < -0.4 is 5.73 Å². The van der Waals surface area contributed by atoms with Crippen LogP contribution in [0.3, 0.4) is 0 Å². The summed E-state index contributed by atoms with van der Waals surface area (Å²) in [5.74, 6) is -0.237. The summed E-state index contributed by atoms with van der Waals surface area (Å²) in [6.45, 7) is 0.731. The second-order valence-electron chi connectivity index (χ2n) is 5.88. The number of fused-ring (bicyclic) bond motifs is 2. The molecule has 2 bridgehead atoms.